The molecule has 1 saturated carbocycles. The lowest BCUT2D eigenvalue weighted by Crippen LogP contribution is -2.13. The van der Waals surface area contributed by atoms with Crippen LogP contribution in [-0.4, -0.2) is 11.1 Å². The molecule has 0 heterocycles. The summed E-state index contributed by atoms with van der Waals surface area (Å²) in [6, 6.07) is 0. The van der Waals surface area contributed by atoms with Crippen LogP contribution in [0.4, 0.5) is 0 Å². The second-order valence-electron chi connectivity index (χ2n) is 5.48. The smallest absolute Gasteiger partial charge is 0.307 e. The van der Waals surface area contributed by atoms with Gasteiger partial charge in [-0.05, 0) is 16.7 Å². The molecule has 1 aliphatic rings. The number of carboxylic acid groups (broad SMARTS) is 1. The average Bonchev–Trinajstić information content (AvgIpc) is 2.31. The highest BCUT2D eigenvalue weighted by atomic mass is 16.4. The van der Waals surface area contributed by atoms with E-state index in [4.69, 9.17) is 5.11 Å². The lowest BCUT2D eigenvalue weighted by Gasteiger charge is -2.19. The van der Waals surface area contributed by atoms with Crippen molar-refractivity contribution in [1.29, 1.82) is 0 Å². The van der Waals surface area contributed by atoms with Crippen LogP contribution >= 0.6 is 0 Å². The number of aliphatic carboxylic acids is 1. The van der Waals surface area contributed by atoms with Gasteiger partial charge >= 0.3 is 5.97 Å². The van der Waals surface area contributed by atoms with E-state index in [-0.39, 0.29) is 16.7 Å². The summed E-state index contributed by atoms with van der Waals surface area (Å²) in [4.78, 5) is 10.8. The molecule has 0 aromatic rings. The Morgan fingerprint density at radius 1 is 1.33 bits per heavy atom. The zero-order valence-corrected chi connectivity index (χ0v) is 8.51. The third kappa shape index (κ3) is 1.23. The second kappa shape index (κ2) is 2.24. The maximum atomic E-state index is 10.8. The zero-order chi connectivity index (χ0) is 9.73. The van der Waals surface area contributed by atoms with Crippen LogP contribution in [0.15, 0.2) is 0 Å². The summed E-state index contributed by atoms with van der Waals surface area (Å²) < 4.78 is 0. The van der Waals surface area contributed by atoms with Crippen molar-refractivity contribution in [3.05, 3.63) is 0 Å². The lowest BCUT2D eigenvalue weighted by atomic mass is 9.85. The molecule has 0 aromatic carbocycles. The highest BCUT2D eigenvalue weighted by Crippen LogP contribution is 2.65. The molecule has 0 saturated heterocycles. The topological polar surface area (TPSA) is 37.3 Å². The van der Waals surface area contributed by atoms with Gasteiger partial charge in [0.1, 0.15) is 0 Å². The Morgan fingerprint density at radius 3 is 1.83 bits per heavy atom. The van der Waals surface area contributed by atoms with Crippen molar-refractivity contribution in [1.82, 2.24) is 0 Å². The van der Waals surface area contributed by atoms with E-state index in [2.05, 4.69) is 20.8 Å². The fraction of sp³-hybridized carbons (Fsp3) is 0.900. The first-order chi connectivity index (χ1) is 5.19. The van der Waals surface area contributed by atoms with Gasteiger partial charge in [-0.25, -0.2) is 0 Å². The molecule has 0 aromatic heterocycles. The molecule has 0 unspecified atom stereocenters. The third-order valence-corrected chi connectivity index (χ3v) is 3.03. The van der Waals surface area contributed by atoms with Crippen LogP contribution < -0.4 is 0 Å². The highest BCUT2D eigenvalue weighted by molar-refractivity contribution is 5.75. The Labute approximate surface area is 74.0 Å². The van der Waals surface area contributed by atoms with Crippen LogP contribution in [-0.2, 0) is 4.79 Å². The maximum Gasteiger partial charge on any atom is 0.307 e. The quantitative estimate of drug-likeness (QED) is 0.656. The molecule has 12 heavy (non-hydrogen) atoms. The Kier molecular flexibility index (Phi) is 1.78. The van der Waals surface area contributed by atoms with E-state index in [1.165, 1.54) is 0 Å². The van der Waals surface area contributed by atoms with Crippen molar-refractivity contribution in [2.45, 2.75) is 34.6 Å². The number of hydrogen-bond donors (Lipinski definition) is 1. The van der Waals surface area contributed by atoms with Gasteiger partial charge in [-0.15, -0.1) is 0 Å². The first-order valence-corrected chi connectivity index (χ1v) is 4.42. The van der Waals surface area contributed by atoms with Crippen LogP contribution in [0, 0.1) is 22.7 Å². The molecule has 1 fully saturated rings. The predicted molar refractivity (Wildman–Crippen MR) is 47.9 cm³/mol. The van der Waals surface area contributed by atoms with Crippen molar-refractivity contribution in [3.8, 4) is 0 Å². The summed E-state index contributed by atoms with van der Waals surface area (Å²) >= 11 is 0. The van der Waals surface area contributed by atoms with Crippen molar-refractivity contribution >= 4 is 5.97 Å². The minimum atomic E-state index is -0.639. The molecule has 0 spiro atoms. The van der Waals surface area contributed by atoms with E-state index in [1.807, 2.05) is 13.8 Å². The van der Waals surface area contributed by atoms with Gasteiger partial charge in [-0.2, -0.15) is 0 Å². The second-order valence-corrected chi connectivity index (χ2v) is 5.48. The molecule has 1 N–H and O–H groups in total. The van der Waals surface area contributed by atoms with Gasteiger partial charge < -0.3 is 5.11 Å². The van der Waals surface area contributed by atoms with E-state index in [9.17, 15) is 4.79 Å². The Bertz CT molecular complexity index is 210. The van der Waals surface area contributed by atoms with E-state index in [1.54, 1.807) is 0 Å². The van der Waals surface area contributed by atoms with Crippen LogP contribution in [0.1, 0.15) is 34.6 Å². The molecule has 70 valence electrons. The summed E-state index contributed by atoms with van der Waals surface area (Å²) in [6.45, 7) is 10.4. The third-order valence-electron chi connectivity index (χ3n) is 3.03. The molecule has 2 atom stereocenters. The molecule has 2 nitrogen and oxygen atoms in total. The normalized spacial score (nSPS) is 33.1. The largest absolute Gasteiger partial charge is 0.481 e. The Hall–Kier alpha value is -0.530. The van der Waals surface area contributed by atoms with E-state index in [0.29, 0.717) is 5.92 Å². The summed E-state index contributed by atoms with van der Waals surface area (Å²) in [6.07, 6.45) is 0. The average molecular weight is 170 g/mol. The monoisotopic (exact) mass is 170 g/mol. The molecule has 0 radical (unpaired) electrons. The zero-order valence-electron chi connectivity index (χ0n) is 8.51. The van der Waals surface area contributed by atoms with Gasteiger partial charge in [-0.1, -0.05) is 34.6 Å². The van der Waals surface area contributed by atoms with Gasteiger partial charge in [0.05, 0.1) is 5.92 Å². The molecule has 0 amide bonds. The molecule has 1 aliphatic carbocycles. The van der Waals surface area contributed by atoms with Crippen molar-refractivity contribution in [3.63, 3.8) is 0 Å². The molecule has 2 heteroatoms. The van der Waals surface area contributed by atoms with Crippen molar-refractivity contribution in [2.75, 3.05) is 0 Å². The summed E-state index contributed by atoms with van der Waals surface area (Å²) in [5, 5.41) is 8.92. The van der Waals surface area contributed by atoms with E-state index in [0.717, 1.165) is 0 Å². The minimum Gasteiger partial charge on any atom is -0.481 e. The van der Waals surface area contributed by atoms with E-state index >= 15 is 0 Å². The lowest BCUT2D eigenvalue weighted by molar-refractivity contribution is -0.139. The number of hydrogen-bond acceptors (Lipinski definition) is 1. The van der Waals surface area contributed by atoms with Crippen molar-refractivity contribution in [2.24, 2.45) is 22.7 Å². The highest BCUT2D eigenvalue weighted by Gasteiger charge is 2.65. The molecule has 0 aliphatic heterocycles. The van der Waals surface area contributed by atoms with Gasteiger partial charge in [0.2, 0.25) is 0 Å². The molecular formula is C10H18O2. The first kappa shape index (κ1) is 9.56. The van der Waals surface area contributed by atoms with Gasteiger partial charge in [0.15, 0.2) is 0 Å². The first-order valence-electron chi connectivity index (χ1n) is 4.42. The standard InChI is InChI=1S/C10H18O2/c1-9(2,3)7-6(8(11)12)10(7,4)5/h6-7H,1-5H3,(H,11,12)/t6-,7-/m1/s1. The molecule has 1 rings (SSSR count). The van der Waals surface area contributed by atoms with Crippen LogP contribution in [0.25, 0.3) is 0 Å². The van der Waals surface area contributed by atoms with Crippen LogP contribution in [0.2, 0.25) is 0 Å². The fourth-order valence-electron chi connectivity index (χ4n) is 2.71. The number of carboxylic acids is 1. The summed E-state index contributed by atoms with van der Waals surface area (Å²) in [5.74, 6) is -0.458. The summed E-state index contributed by atoms with van der Waals surface area (Å²) in [7, 11) is 0. The number of carbonyl (C=O) groups is 1. The van der Waals surface area contributed by atoms with Gasteiger partial charge in [0, 0.05) is 0 Å². The minimum absolute atomic E-state index is 0.00984. The van der Waals surface area contributed by atoms with Crippen LogP contribution in [0.3, 0.4) is 0 Å². The number of rotatable bonds is 1. The van der Waals surface area contributed by atoms with Crippen LogP contribution in [0.5, 0.6) is 0 Å². The summed E-state index contributed by atoms with van der Waals surface area (Å²) in [5.41, 5.74) is 0.108. The Morgan fingerprint density at radius 2 is 1.75 bits per heavy atom. The van der Waals surface area contributed by atoms with Gasteiger partial charge in [-0.3, -0.25) is 4.79 Å². The van der Waals surface area contributed by atoms with Gasteiger partial charge in [0.25, 0.3) is 0 Å². The SMILES string of the molecule is CC(C)(C)[C@H]1[C@H](C(=O)O)C1(C)C. The fourth-order valence-corrected chi connectivity index (χ4v) is 2.71. The molecule has 0 bridgehead atoms. The predicted octanol–water partition coefficient (Wildman–Crippen LogP) is 2.39. The van der Waals surface area contributed by atoms with Crippen molar-refractivity contribution < 1.29 is 9.90 Å². The molecular weight excluding hydrogens is 152 g/mol. The van der Waals surface area contributed by atoms with E-state index < -0.39 is 5.97 Å². The Balaban J connectivity index is 2.80. The maximum absolute atomic E-state index is 10.8.